The van der Waals surface area contributed by atoms with Gasteiger partial charge in [-0.05, 0) is 56.7 Å². The number of aryl methyl sites for hydroxylation is 1. The summed E-state index contributed by atoms with van der Waals surface area (Å²) >= 11 is 1.52. The summed E-state index contributed by atoms with van der Waals surface area (Å²) in [5.41, 5.74) is 0.998. The van der Waals surface area contributed by atoms with E-state index >= 15 is 0 Å². The van der Waals surface area contributed by atoms with Crippen molar-refractivity contribution in [1.29, 1.82) is 0 Å². The monoisotopic (exact) mass is 502 g/mol. The van der Waals surface area contributed by atoms with Crippen LogP contribution in [0.3, 0.4) is 0 Å². The Labute approximate surface area is 204 Å². The lowest BCUT2D eigenvalue weighted by atomic mass is 9.97. The van der Waals surface area contributed by atoms with E-state index in [4.69, 9.17) is 4.52 Å². The summed E-state index contributed by atoms with van der Waals surface area (Å²) in [7, 11) is -3.65. The number of amides is 1. The summed E-state index contributed by atoms with van der Waals surface area (Å²) in [4.78, 5) is 21.0. The number of hydrogen-bond donors (Lipinski definition) is 0. The first-order chi connectivity index (χ1) is 16.3. The van der Waals surface area contributed by atoms with Crippen LogP contribution in [-0.2, 0) is 21.4 Å². The molecule has 1 aliphatic rings. The summed E-state index contributed by atoms with van der Waals surface area (Å²) in [5, 5.41) is 6.00. The van der Waals surface area contributed by atoms with Gasteiger partial charge in [0.2, 0.25) is 27.6 Å². The number of benzene rings is 1. The minimum absolute atomic E-state index is 0.0475. The number of rotatable bonds is 8. The second-order valence-corrected chi connectivity index (χ2v) is 11.6. The van der Waals surface area contributed by atoms with Gasteiger partial charge in [-0.25, -0.2) is 8.42 Å². The van der Waals surface area contributed by atoms with E-state index in [-0.39, 0.29) is 29.9 Å². The van der Waals surface area contributed by atoms with Crippen molar-refractivity contribution in [2.75, 3.05) is 13.1 Å². The highest BCUT2D eigenvalue weighted by Crippen LogP contribution is 2.27. The zero-order valence-corrected chi connectivity index (χ0v) is 21.3. The molecule has 2 atom stereocenters. The molecule has 0 aliphatic carbocycles. The maximum absolute atomic E-state index is 13.6. The maximum Gasteiger partial charge on any atom is 0.246 e. The Morgan fingerprint density at radius 2 is 2.06 bits per heavy atom. The average Bonchev–Trinajstić information content (AvgIpc) is 3.54. The molecule has 0 saturated carbocycles. The van der Waals surface area contributed by atoms with E-state index in [1.165, 1.54) is 15.6 Å². The van der Waals surface area contributed by atoms with E-state index in [0.717, 1.165) is 16.9 Å². The predicted octanol–water partition coefficient (Wildman–Crippen LogP) is 4.33. The van der Waals surface area contributed by atoms with Gasteiger partial charge in [-0.15, -0.1) is 11.3 Å². The van der Waals surface area contributed by atoms with Gasteiger partial charge in [-0.2, -0.15) is 9.29 Å². The van der Waals surface area contributed by atoms with E-state index in [1.54, 1.807) is 29.2 Å². The van der Waals surface area contributed by atoms with E-state index in [0.29, 0.717) is 31.1 Å². The summed E-state index contributed by atoms with van der Waals surface area (Å²) < 4.78 is 33.3. The molecule has 2 aromatic heterocycles. The zero-order valence-electron chi connectivity index (χ0n) is 19.7. The molecule has 10 heteroatoms. The second kappa shape index (κ2) is 10.4. The average molecular weight is 503 g/mol. The molecule has 8 nitrogen and oxygen atoms in total. The van der Waals surface area contributed by atoms with Gasteiger partial charge >= 0.3 is 0 Å². The highest BCUT2D eigenvalue weighted by molar-refractivity contribution is 7.89. The van der Waals surface area contributed by atoms with Crippen molar-refractivity contribution in [1.82, 2.24) is 19.3 Å². The molecular weight excluding hydrogens is 472 g/mol. The highest BCUT2D eigenvalue weighted by Gasteiger charge is 2.36. The molecule has 0 spiro atoms. The molecule has 182 valence electrons. The Morgan fingerprint density at radius 3 is 2.74 bits per heavy atom. The van der Waals surface area contributed by atoms with E-state index < -0.39 is 15.9 Å². The quantitative estimate of drug-likeness (QED) is 0.455. The van der Waals surface area contributed by atoms with Crippen LogP contribution in [0.25, 0.3) is 10.7 Å². The fourth-order valence-corrected chi connectivity index (χ4v) is 6.27. The molecule has 1 amide bonds. The van der Waals surface area contributed by atoms with Crippen LogP contribution in [-0.4, -0.2) is 52.8 Å². The molecule has 1 aromatic carbocycles. The lowest BCUT2D eigenvalue weighted by Crippen LogP contribution is -2.48. The maximum atomic E-state index is 13.6. The van der Waals surface area contributed by atoms with Gasteiger partial charge in [-0.1, -0.05) is 35.8 Å². The highest BCUT2D eigenvalue weighted by atomic mass is 32.2. The molecular formula is C24H30N4O4S2. The first-order valence-corrected chi connectivity index (χ1v) is 13.8. The minimum atomic E-state index is -3.65. The third-order valence-electron chi connectivity index (χ3n) is 6.31. The van der Waals surface area contributed by atoms with Crippen LogP contribution in [0.15, 0.2) is 51.2 Å². The summed E-state index contributed by atoms with van der Waals surface area (Å²) in [6.45, 7) is 6.71. The summed E-state index contributed by atoms with van der Waals surface area (Å²) in [6.07, 6.45) is 2.05. The number of carbonyl (C=O) groups is 1. The molecule has 0 N–H and O–H groups in total. The topological polar surface area (TPSA) is 96.6 Å². The molecule has 1 saturated heterocycles. The van der Waals surface area contributed by atoms with Crippen LogP contribution >= 0.6 is 11.3 Å². The van der Waals surface area contributed by atoms with E-state index in [2.05, 4.69) is 10.1 Å². The molecule has 3 aromatic rings. The van der Waals surface area contributed by atoms with Gasteiger partial charge in [0.25, 0.3) is 0 Å². The Balaban J connectivity index is 1.50. The smallest absolute Gasteiger partial charge is 0.246 e. The number of aromatic nitrogens is 2. The van der Waals surface area contributed by atoms with Crippen molar-refractivity contribution in [3.05, 3.63) is 53.2 Å². The van der Waals surface area contributed by atoms with Crippen LogP contribution in [0, 0.1) is 12.8 Å². The molecule has 34 heavy (non-hydrogen) atoms. The minimum Gasteiger partial charge on any atom is -0.337 e. The van der Waals surface area contributed by atoms with Crippen molar-refractivity contribution in [3.8, 4) is 10.7 Å². The number of carbonyl (C=O) groups excluding carboxylic acids is 1. The molecule has 0 radical (unpaired) electrons. The Bertz CT molecular complexity index is 1210. The van der Waals surface area contributed by atoms with Crippen molar-refractivity contribution < 1.29 is 17.7 Å². The number of piperidine rings is 1. The SMILES string of the molecule is CC[C@@H](C)N(Cc1nc(-c2cccs2)no1)C(=O)[C@H]1CCCN(S(=O)(=O)c2ccc(C)cc2)C1. The lowest BCUT2D eigenvalue weighted by molar-refractivity contribution is -0.140. The van der Waals surface area contributed by atoms with Crippen LogP contribution in [0.2, 0.25) is 0 Å². The van der Waals surface area contributed by atoms with Crippen molar-refractivity contribution in [3.63, 3.8) is 0 Å². The molecule has 0 bridgehead atoms. The standard InChI is InChI=1S/C24H30N4O4S2/c1-4-18(3)28(16-22-25-23(26-32-22)21-8-6-14-33-21)24(29)19-7-5-13-27(15-19)34(30,31)20-11-9-17(2)10-12-20/h6,8-12,14,18-19H,4-5,7,13,15-16H2,1-3H3/t18-,19+/m1/s1. The predicted molar refractivity (Wildman–Crippen MR) is 131 cm³/mol. The van der Waals surface area contributed by atoms with Crippen LogP contribution in [0.5, 0.6) is 0 Å². The fraction of sp³-hybridized carbons (Fsp3) is 0.458. The van der Waals surface area contributed by atoms with Crippen molar-refractivity contribution in [2.24, 2.45) is 5.92 Å². The van der Waals surface area contributed by atoms with Gasteiger partial charge < -0.3 is 9.42 Å². The van der Waals surface area contributed by atoms with Crippen molar-refractivity contribution in [2.45, 2.75) is 57.5 Å². The normalized spacial score (nSPS) is 18.0. The second-order valence-electron chi connectivity index (χ2n) is 8.73. The Morgan fingerprint density at radius 1 is 1.29 bits per heavy atom. The number of hydrogen-bond acceptors (Lipinski definition) is 7. The van der Waals surface area contributed by atoms with Crippen LogP contribution in [0.1, 0.15) is 44.6 Å². The molecule has 1 fully saturated rings. The molecule has 3 heterocycles. The van der Waals surface area contributed by atoms with Crippen LogP contribution < -0.4 is 0 Å². The van der Waals surface area contributed by atoms with E-state index in [1.807, 2.05) is 38.3 Å². The number of thiophene rings is 1. The molecule has 0 unspecified atom stereocenters. The van der Waals surface area contributed by atoms with Gasteiger partial charge in [0, 0.05) is 19.1 Å². The lowest BCUT2D eigenvalue weighted by Gasteiger charge is -2.36. The summed E-state index contributed by atoms with van der Waals surface area (Å²) in [6, 6.07) is 10.6. The third kappa shape index (κ3) is 5.24. The first-order valence-electron chi connectivity index (χ1n) is 11.5. The van der Waals surface area contributed by atoms with Crippen molar-refractivity contribution >= 4 is 27.3 Å². The van der Waals surface area contributed by atoms with E-state index in [9.17, 15) is 13.2 Å². The largest absolute Gasteiger partial charge is 0.337 e. The van der Waals surface area contributed by atoms with Crippen LogP contribution in [0.4, 0.5) is 0 Å². The number of nitrogens with zero attached hydrogens (tertiary/aromatic N) is 4. The first kappa shape index (κ1) is 24.6. The third-order valence-corrected chi connectivity index (χ3v) is 9.06. The molecule has 1 aliphatic heterocycles. The van der Waals surface area contributed by atoms with Gasteiger partial charge in [0.1, 0.15) is 6.54 Å². The van der Waals surface area contributed by atoms with Gasteiger partial charge in [-0.3, -0.25) is 4.79 Å². The number of sulfonamides is 1. The fourth-order valence-electron chi connectivity index (χ4n) is 4.10. The Hall–Kier alpha value is -2.56. The van der Waals surface area contributed by atoms with Gasteiger partial charge in [0.15, 0.2) is 0 Å². The van der Waals surface area contributed by atoms with Gasteiger partial charge in [0.05, 0.1) is 15.7 Å². The zero-order chi connectivity index (χ0) is 24.3. The molecule has 4 rings (SSSR count). The summed E-state index contributed by atoms with van der Waals surface area (Å²) in [5.74, 6) is 0.392. The Kier molecular flexibility index (Phi) is 7.49.